The van der Waals surface area contributed by atoms with Gasteiger partial charge in [-0.05, 0) is 87.1 Å². The lowest BCUT2D eigenvalue weighted by atomic mass is 9.96. The topological polar surface area (TPSA) is 62.2 Å². The Hall–Kier alpha value is -3.68. The maximum Gasteiger partial charge on any atom is 0.226 e. The van der Waals surface area contributed by atoms with Crippen molar-refractivity contribution in [2.45, 2.75) is 46.7 Å². The van der Waals surface area contributed by atoms with Crippen LogP contribution in [0.4, 0.5) is 11.4 Å². The van der Waals surface area contributed by atoms with Crippen molar-refractivity contribution in [1.82, 2.24) is 14.9 Å². The summed E-state index contributed by atoms with van der Waals surface area (Å²) in [5.41, 5.74) is 8.06. The van der Waals surface area contributed by atoms with Crippen LogP contribution in [0.2, 0.25) is 5.02 Å². The lowest BCUT2D eigenvalue weighted by Crippen LogP contribution is -2.29. The van der Waals surface area contributed by atoms with Gasteiger partial charge < -0.3 is 20.1 Å². The van der Waals surface area contributed by atoms with E-state index in [4.69, 9.17) is 23.8 Å². The average molecular weight is 558 g/mol. The summed E-state index contributed by atoms with van der Waals surface area (Å²) in [5, 5.41) is 7.47. The highest BCUT2D eigenvalue weighted by Crippen LogP contribution is 2.44. The second-order valence-electron chi connectivity index (χ2n) is 10.3. The van der Waals surface area contributed by atoms with Crippen molar-refractivity contribution in [3.63, 3.8) is 0 Å². The molecule has 1 fully saturated rings. The lowest BCUT2D eigenvalue weighted by Gasteiger charge is -2.28. The van der Waals surface area contributed by atoms with Gasteiger partial charge in [0.05, 0.1) is 28.5 Å². The van der Waals surface area contributed by atoms with Crippen molar-refractivity contribution in [2.24, 2.45) is 5.92 Å². The number of hydrogen-bond donors (Lipinski definition) is 2. The summed E-state index contributed by atoms with van der Waals surface area (Å²) in [6.07, 6.45) is 1.80. The fourth-order valence-corrected chi connectivity index (χ4v) is 5.73. The van der Waals surface area contributed by atoms with E-state index in [0.29, 0.717) is 15.8 Å². The quantitative estimate of drug-likeness (QED) is 0.245. The van der Waals surface area contributed by atoms with E-state index in [1.54, 1.807) is 6.20 Å². The van der Waals surface area contributed by atoms with E-state index in [1.165, 1.54) is 5.56 Å². The third kappa shape index (κ3) is 5.16. The summed E-state index contributed by atoms with van der Waals surface area (Å²) >= 11 is 12.6. The third-order valence-electron chi connectivity index (χ3n) is 7.19. The molecule has 1 amide bonds. The van der Waals surface area contributed by atoms with Crippen LogP contribution in [0.1, 0.15) is 54.1 Å². The van der Waals surface area contributed by atoms with Gasteiger partial charge >= 0.3 is 0 Å². The van der Waals surface area contributed by atoms with Crippen LogP contribution >= 0.6 is 23.8 Å². The Labute approximate surface area is 240 Å². The molecule has 0 aliphatic carbocycles. The molecule has 0 unspecified atom stereocenters. The number of nitrogens with zero attached hydrogens (tertiary/aromatic N) is 3. The molecule has 0 saturated carbocycles. The van der Waals surface area contributed by atoms with Crippen LogP contribution < -0.4 is 15.5 Å². The predicted octanol–water partition coefficient (Wildman–Crippen LogP) is 7.22. The number of thiocarbonyl (C=S) groups is 1. The number of carbonyl (C=O) groups excluding carboxylic acids is 1. The van der Waals surface area contributed by atoms with Crippen molar-refractivity contribution in [1.29, 1.82) is 0 Å². The number of benzene rings is 2. The van der Waals surface area contributed by atoms with Crippen molar-refractivity contribution >= 4 is 46.2 Å². The number of carbonyl (C=O) groups is 1. The normalized spacial score (nSPS) is 17.0. The number of halogens is 1. The molecule has 39 heavy (non-hydrogen) atoms. The van der Waals surface area contributed by atoms with Crippen LogP contribution in [-0.4, -0.2) is 20.6 Å². The van der Waals surface area contributed by atoms with E-state index in [-0.39, 0.29) is 23.9 Å². The molecule has 0 spiro atoms. The number of rotatable bonds is 6. The van der Waals surface area contributed by atoms with Gasteiger partial charge in [-0.2, -0.15) is 0 Å². The summed E-state index contributed by atoms with van der Waals surface area (Å²) in [6.45, 7) is 10.1. The van der Waals surface area contributed by atoms with E-state index in [9.17, 15) is 4.79 Å². The molecule has 8 heteroatoms. The highest BCUT2D eigenvalue weighted by molar-refractivity contribution is 7.80. The average Bonchev–Trinajstić information content (AvgIpc) is 3.41. The van der Waals surface area contributed by atoms with E-state index in [1.807, 2.05) is 50.2 Å². The molecule has 2 aromatic heterocycles. The molecular formula is C31H32ClN5OS. The van der Waals surface area contributed by atoms with Gasteiger partial charge in [0.2, 0.25) is 5.91 Å². The van der Waals surface area contributed by atoms with Gasteiger partial charge in [0.25, 0.3) is 0 Å². The number of nitrogens with one attached hydrogen (secondary N) is 2. The molecule has 2 aromatic carbocycles. The van der Waals surface area contributed by atoms with E-state index < -0.39 is 0 Å². The summed E-state index contributed by atoms with van der Waals surface area (Å²) in [7, 11) is 0. The zero-order valence-electron chi connectivity index (χ0n) is 22.7. The molecule has 1 aliphatic rings. The highest BCUT2D eigenvalue weighted by atomic mass is 35.5. The first-order valence-corrected chi connectivity index (χ1v) is 13.8. The van der Waals surface area contributed by atoms with E-state index >= 15 is 0 Å². The second kappa shape index (κ2) is 10.8. The minimum absolute atomic E-state index is 0.0837. The van der Waals surface area contributed by atoms with Crippen molar-refractivity contribution in [3.05, 3.63) is 106 Å². The van der Waals surface area contributed by atoms with Crippen LogP contribution in [0.25, 0.3) is 5.69 Å². The minimum Gasteiger partial charge on any atom is -0.351 e. The zero-order chi connectivity index (χ0) is 27.8. The Morgan fingerprint density at radius 2 is 1.74 bits per heavy atom. The maximum atomic E-state index is 12.3. The molecule has 2 N–H and O–H groups in total. The fourth-order valence-electron chi connectivity index (χ4n) is 5.16. The molecule has 1 aliphatic heterocycles. The van der Waals surface area contributed by atoms with E-state index in [2.05, 4.69) is 76.2 Å². The minimum atomic E-state index is -0.176. The Bertz CT molecular complexity index is 1530. The largest absolute Gasteiger partial charge is 0.351 e. The van der Waals surface area contributed by atoms with Gasteiger partial charge in [0, 0.05) is 34.9 Å². The number of aromatic nitrogens is 2. The van der Waals surface area contributed by atoms with E-state index in [0.717, 1.165) is 34.0 Å². The standard InChI is InChI=1S/C31H32ClN5OS/c1-18(2)30(38)34-26-14-13-23(17-25(26)32)37-29(28(35-31(37)39)27-8-6-7-15-33-27)24-16-20(4)36(21(24)5)22-11-9-19(3)10-12-22/h6-18,28-29H,1-5H3,(H,34,38)(H,35,39)/t28-,29+/m0/s1. The molecule has 6 nitrogen and oxygen atoms in total. The second-order valence-corrected chi connectivity index (χ2v) is 11.1. The molecule has 1 saturated heterocycles. The van der Waals surface area contributed by atoms with Gasteiger partial charge in [0.1, 0.15) is 0 Å². The Balaban J connectivity index is 1.61. The first-order chi connectivity index (χ1) is 18.7. The Morgan fingerprint density at radius 1 is 1.03 bits per heavy atom. The monoisotopic (exact) mass is 557 g/mol. The van der Waals surface area contributed by atoms with Crippen LogP contribution in [0.15, 0.2) is 72.9 Å². The summed E-state index contributed by atoms with van der Waals surface area (Å²) in [5.74, 6) is -0.233. The molecule has 4 aromatic rings. The molecule has 3 heterocycles. The summed E-state index contributed by atoms with van der Waals surface area (Å²) in [4.78, 5) is 19.1. The summed E-state index contributed by atoms with van der Waals surface area (Å²) in [6, 6.07) is 22.0. The zero-order valence-corrected chi connectivity index (χ0v) is 24.3. The molecule has 200 valence electrons. The fraction of sp³-hybridized carbons (Fsp3) is 0.258. The molecule has 2 atom stereocenters. The first-order valence-electron chi connectivity index (χ1n) is 13.0. The number of aryl methyl sites for hydroxylation is 2. The van der Waals surface area contributed by atoms with Crippen LogP contribution in [0.3, 0.4) is 0 Å². The molecule has 5 rings (SSSR count). The molecule has 0 bridgehead atoms. The number of anilines is 2. The predicted molar refractivity (Wildman–Crippen MR) is 163 cm³/mol. The van der Waals surface area contributed by atoms with Crippen LogP contribution in [-0.2, 0) is 4.79 Å². The van der Waals surface area contributed by atoms with Crippen LogP contribution in [0.5, 0.6) is 0 Å². The Kier molecular flexibility index (Phi) is 7.47. The van der Waals surface area contributed by atoms with Gasteiger partial charge in [-0.25, -0.2) is 0 Å². The van der Waals surface area contributed by atoms with Crippen molar-refractivity contribution in [2.75, 3.05) is 10.2 Å². The molecule has 0 radical (unpaired) electrons. The number of pyridine rings is 1. The SMILES string of the molecule is Cc1ccc(-n2c(C)cc([C@@H]3[C@H](c4ccccn4)NC(=S)N3c3ccc(NC(=O)C(C)C)c(Cl)c3)c2C)cc1. The van der Waals surface area contributed by atoms with Crippen molar-refractivity contribution < 1.29 is 4.79 Å². The third-order valence-corrected chi connectivity index (χ3v) is 7.82. The van der Waals surface area contributed by atoms with Gasteiger partial charge in [-0.1, -0.05) is 49.2 Å². The first kappa shape index (κ1) is 26.9. The Morgan fingerprint density at radius 3 is 2.38 bits per heavy atom. The highest BCUT2D eigenvalue weighted by Gasteiger charge is 2.42. The van der Waals surface area contributed by atoms with Gasteiger partial charge in [-0.15, -0.1) is 0 Å². The van der Waals surface area contributed by atoms with Gasteiger partial charge in [-0.3, -0.25) is 9.78 Å². The maximum absolute atomic E-state index is 12.3. The molecular weight excluding hydrogens is 526 g/mol. The van der Waals surface area contributed by atoms with Gasteiger partial charge in [0.15, 0.2) is 5.11 Å². The number of hydrogen-bond acceptors (Lipinski definition) is 3. The summed E-state index contributed by atoms with van der Waals surface area (Å²) < 4.78 is 2.28. The lowest BCUT2D eigenvalue weighted by molar-refractivity contribution is -0.118. The van der Waals surface area contributed by atoms with Crippen LogP contribution in [0, 0.1) is 26.7 Å². The number of amides is 1. The smallest absolute Gasteiger partial charge is 0.226 e. The van der Waals surface area contributed by atoms with Crippen molar-refractivity contribution in [3.8, 4) is 5.69 Å².